The van der Waals surface area contributed by atoms with Gasteiger partial charge < -0.3 is 9.47 Å². The summed E-state index contributed by atoms with van der Waals surface area (Å²) in [5.41, 5.74) is 3.57. The van der Waals surface area contributed by atoms with Crippen LogP contribution in [0.1, 0.15) is 44.0 Å². The van der Waals surface area contributed by atoms with Gasteiger partial charge in [0.15, 0.2) is 0 Å². The topological polar surface area (TPSA) is 45.6 Å². The zero-order valence-corrected chi connectivity index (χ0v) is 20.3. The van der Waals surface area contributed by atoms with E-state index in [9.17, 15) is 9.59 Å². The van der Waals surface area contributed by atoms with E-state index in [1.165, 1.54) is 0 Å². The van der Waals surface area contributed by atoms with Gasteiger partial charge in [-0.2, -0.15) is 0 Å². The molecular formula is C26H27Cl2N3O2. The van der Waals surface area contributed by atoms with Crippen molar-refractivity contribution in [2.24, 2.45) is 0 Å². The number of carbonyl (C=O) groups excluding carboxylic acids is 2. The standard InChI is InChI=1S/C26H27Cl2N3O2/c1-3-4-14-29(26(33)18(2)27)17-24(32)31-22-12-6-5-11-21(22)30-15-8-13-23(30)25(31)19-9-7-10-20(28)16-19/h5-13,15-16,18,25H,3-4,14,17H2,1-2H3/t18-,25-/m0/s1. The summed E-state index contributed by atoms with van der Waals surface area (Å²) in [5.74, 6) is -0.395. The van der Waals surface area contributed by atoms with Gasteiger partial charge in [-0.15, -0.1) is 11.6 Å². The molecule has 0 N–H and O–H groups in total. The molecule has 2 heterocycles. The van der Waals surface area contributed by atoms with Gasteiger partial charge in [0.2, 0.25) is 11.8 Å². The number of fused-ring (bicyclic) bond motifs is 3. The Balaban J connectivity index is 1.79. The van der Waals surface area contributed by atoms with E-state index in [0.29, 0.717) is 11.6 Å². The summed E-state index contributed by atoms with van der Waals surface area (Å²) in [4.78, 5) is 30.0. The van der Waals surface area contributed by atoms with Gasteiger partial charge in [0.05, 0.1) is 17.1 Å². The minimum Gasteiger partial charge on any atom is -0.332 e. The van der Waals surface area contributed by atoms with Crippen molar-refractivity contribution in [2.75, 3.05) is 18.0 Å². The van der Waals surface area contributed by atoms with E-state index >= 15 is 0 Å². The first kappa shape index (κ1) is 23.4. The molecule has 3 aromatic rings. The smallest absolute Gasteiger partial charge is 0.247 e. The zero-order valence-electron chi connectivity index (χ0n) is 18.7. The second-order valence-electron chi connectivity index (χ2n) is 8.24. The number of amides is 2. The lowest BCUT2D eigenvalue weighted by molar-refractivity contribution is -0.134. The molecule has 5 nitrogen and oxygen atoms in total. The number of para-hydroxylation sites is 2. The molecule has 0 fully saturated rings. The van der Waals surface area contributed by atoms with Crippen molar-refractivity contribution in [1.82, 2.24) is 9.47 Å². The zero-order chi connectivity index (χ0) is 23.5. The molecule has 4 rings (SSSR count). The maximum Gasteiger partial charge on any atom is 0.247 e. The monoisotopic (exact) mass is 483 g/mol. The molecule has 0 saturated carbocycles. The van der Waals surface area contributed by atoms with E-state index in [1.54, 1.807) is 16.7 Å². The van der Waals surface area contributed by atoms with Crippen molar-refractivity contribution in [3.63, 3.8) is 0 Å². The Labute approximate surface area is 204 Å². The Morgan fingerprint density at radius 1 is 1.06 bits per heavy atom. The van der Waals surface area contributed by atoms with E-state index in [4.69, 9.17) is 23.2 Å². The molecule has 1 aliphatic rings. The fraction of sp³-hybridized carbons (Fsp3) is 0.308. The molecule has 7 heteroatoms. The number of anilines is 1. The Morgan fingerprint density at radius 3 is 2.52 bits per heavy atom. The molecule has 2 aromatic carbocycles. The first-order valence-corrected chi connectivity index (χ1v) is 12.0. The van der Waals surface area contributed by atoms with Gasteiger partial charge in [-0.25, -0.2) is 0 Å². The van der Waals surface area contributed by atoms with Gasteiger partial charge in [0.1, 0.15) is 18.0 Å². The largest absolute Gasteiger partial charge is 0.332 e. The molecule has 0 saturated heterocycles. The number of hydrogen-bond acceptors (Lipinski definition) is 2. The number of rotatable bonds is 7. The van der Waals surface area contributed by atoms with Gasteiger partial charge >= 0.3 is 0 Å². The summed E-state index contributed by atoms with van der Waals surface area (Å²) in [7, 11) is 0. The van der Waals surface area contributed by atoms with Crippen LogP contribution in [0, 0.1) is 0 Å². The minimum absolute atomic E-state index is 0.0397. The van der Waals surface area contributed by atoms with Gasteiger partial charge in [0, 0.05) is 17.8 Å². The number of benzene rings is 2. The van der Waals surface area contributed by atoms with E-state index in [1.807, 2.05) is 66.9 Å². The van der Waals surface area contributed by atoms with Gasteiger partial charge in [-0.3, -0.25) is 14.5 Å². The van der Waals surface area contributed by atoms with Crippen LogP contribution >= 0.6 is 23.2 Å². The lowest BCUT2D eigenvalue weighted by atomic mass is 9.97. The average molecular weight is 484 g/mol. The number of unbranched alkanes of at least 4 members (excludes halogenated alkanes) is 1. The molecule has 1 aliphatic heterocycles. The van der Waals surface area contributed by atoms with Crippen LogP contribution in [0.5, 0.6) is 0 Å². The lowest BCUT2D eigenvalue weighted by Gasteiger charge is -2.39. The van der Waals surface area contributed by atoms with Crippen LogP contribution in [0.2, 0.25) is 5.02 Å². The highest BCUT2D eigenvalue weighted by molar-refractivity contribution is 6.31. The Bertz CT molecular complexity index is 1160. The van der Waals surface area contributed by atoms with Crippen molar-refractivity contribution in [1.29, 1.82) is 0 Å². The van der Waals surface area contributed by atoms with Crippen molar-refractivity contribution in [3.8, 4) is 5.69 Å². The SMILES string of the molecule is CCCCN(CC(=O)N1c2ccccc2-n2cccc2[C@@H]1c1cccc(Cl)c1)C(=O)[C@H](C)Cl. The number of halogens is 2. The Hall–Kier alpha value is -2.76. The van der Waals surface area contributed by atoms with Crippen LogP contribution in [0.15, 0.2) is 66.9 Å². The van der Waals surface area contributed by atoms with Crippen molar-refractivity contribution in [3.05, 3.63) is 83.1 Å². The fourth-order valence-electron chi connectivity index (χ4n) is 4.36. The highest BCUT2D eigenvalue weighted by atomic mass is 35.5. The average Bonchev–Trinajstić information content (AvgIpc) is 3.30. The fourth-order valence-corrected chi connectivity index (χ4v) is 4.70. The highest BCUT2D eigenvalue weighted by Crippen LogP contribution is 2.42. The predicted octanol–water partition coefficient (Wildman–Crippen LogP) is 5.82. The number of hydrogen-bond donors (Lipinski definition) is 0. The van der Waals surface area contributed by atoms with Gasteiger partial charge in [-0.1, -0.05) is 49.2 Å². The molecule has 2 amide bonds. The summed E-state index contributed by atoms with van der Waals surface area (Å²) in [6.07, 6.45) is 3.72. The molecule has 33 heavy (non-hydrogen) atoms. The number of aromatic nitrogens is 1. The third kappa shape index (κ3) is 4.66. The summed E-state index contributed by atoms with van der Waals surface area (Å²) in [5, 5.41) is -0.0863. The van der Waals surface area contributed by atoms with Crippen LogP contribution in [-0.2, 0) is 9.59 Å². The maximum absolute atomic E-state index is 13.9. The second-order valence-corrected chi connectivity index (χ2v) is 9.33. The molecule has 2 atom stereocenters. The van der Waals surface area contributed by atoms with Crippen LogP contribution in [0.25, 0.3) is 5.69 Å². The normalized spacial score (nSPS) is 15.5. The van der Waals surface area contributed by atoms with Crippen LogP contribution in [-0.4, -0.2) is 39.7 Å². The van der Waals surface area contributed by atoms with E-state index < -0.39 is 5.38 Å². The quantitative estimate of drug-likeness (QED) is 0.397. The van der Waals surface area contributed by atoms with Crippen molar-refractivity contribution in [2.45, 2.75) is 38.1 Å². The van der Waals surface area contributed by atoms with Crippen molar-refractivity contribution < 1.29 is 9.59 Å². The Morgan fingerprint density at radius 2 is 1.82 bits per heavy atom. The first-order chi connectivity index (χ1) is 15.9. The van der Waals surface area contributed by atoms with Crippen LogP contribution in [0.3, 0.4) is 0 Å². The molecule has 0 radical (unpaired) electrons. The lowest BCUT2D eigenvalue weighted by Crippen LogP contribution is -2.48. The van der Waals surface area contributed by atoms with Crippen LogP contribution in [0.4, 0.5) is 5.69 Å². The highest BCUT2D eigenvalue weighted by Gasteiger charge is 2.37. The van der Waals surface area contributed by atoms with E-state index in [-0.39, 0.29) is 24.4 Å². The van der Waals surface area contributed by atoms with Gasteiger partial charge in [-0.05, 0) is 55.3 Å². The third-order valence-electron chi connectivity index (χ3n) is 5.91. The minimum atomic E-state index is -0.691. The molecule has 0 bridgehead atoms. The summed E-state index contributed by atoms with van der Waals surface area (Å²) in [6, 6.07) is 19.0. The molecule has 0 spiro atoms. The number of alkyl halides is 1. The predicted molar refractivity (Wildman–Crippen MR) is 133 cm³/mol. The number of carbonyl (C=O) groups is 2. The number of nitrogens with zero attached hydrogens (tertiary/aromatic N) is 3. The summed E-state index contributed by atoms with van der Waals surface area (Å²) in [6.45, 7) is 4.15. The molecular weight excluding hydrogens is 457 g/mol. The van der Waals surface area contributed by atoms with Crippen LogP contribution < -0.4 is 4.90 Å². The maximum atomic E-state index is 13.9. The molecule has 0 unspecified atom stereocenters. The molecule has 0 aliphatic carbocycles. The summed E-state index contributed by atoms with van der Waals surface area (Å²) < 4.78 is 2.10. The Kier molecular flexibility index (Phi) is 7.11. The van der Waals surface area contributed by atoms with E-state index in [0.717, 1.165) is 35.5 Å². The molecule has 1 aromatic heterocycles. The van der Waals surface area contributed by atoms with Gasteiger partial charge in [0.25, 0.3) is 0 Å². The second kappa shape index (κ2) is 10.0. The molecule has 172 valence electrons. The first-order valence-electron chi connectivity index (χ1n) is 11.2. The summed E-state index contributed by atoms with van der Waals surface area (Å²) >= 11 is 12.4. The van der Waals surface area contributed by atoms with E-state index in [2.05, 4.69) is 11.5 Å². The van der Waals surface area contributed by atoms with Crippen molar-refractivity contribution >= 4 is 40.7 Å². The third-order valence-corrected chi connectivity index (χ3v) is 6.33.